The SMILES string of the molecule is CC[C@@H](C(=O)NCc1cccc2ccccc12)N(c1cc(Cl)ccc1Cl)S(C)(=O)=O. The molecule has 0 fully saturated rings. The Labute approximate surface area is 186 Å². The van der Waals surface area contributed by atoms with Crippen LogP contribution in [0.15, 0.2) is 60.7 Å². The van der Waals surface area contributed by atoms with Crippen molar-refractivity contribution in [1.82, 2.24) is 5.32 Å². The first-order valence-corrected chi connectivity index (χ1v) is 12.0. The Morgan fingerprint density at radius 3 is 2.47 bits per heavy atom. The van der Waals surface area contributed by atoms with Crippen LogP contribution < -0.4 is 9.62 Å². The van der Waals surface area contributed by atoms with E-state index in [0.29, 0.717) is 5.02 Å². The van der Waals surface area contributed by atoms with Gasteiger partial charge in [0.2, 0.25) is 15.9 Å². The van der Waals surface area contributed by atoms with Gasteiger partial charge in [0.1, 0.15) is 6.04 Å². The molecule has 0 spiro atoms. The lowest BCUT2D eigenvalue weighted by atomic mass is 10.0. The van der Waals surface area contributed by atoms with Crippen molar-refractivity contribution in [3.8, 4) is 0 Å². The van der Waals surface area contributed by atoms with Gasteiger partial charge in [0.15, 0.2) is 0 Å². The number of nitrogens with one attached hydrogen (secondary N) is 1. The first-order valence-electron chi connectivity index (χ1n) is 9.41. The maximum atomic E-state index is 13.0. The highest BCUT2D eigenvalue weighted by molar-refractivity contribution is 7.92. The van der Waals surface area contributed by atoms with Gasteiger partial charge in [0, 0.05) is 11.6 Å². The lowest BCUT2D eigenvalue weighted by Crippen LogP contribution is -2.49. The molecular weight excluding hydrogens is 443 g/mol. The van der Waals surface area contributed by atoms with Gasteiger partial charge in [-0.3, -0.25) is 9.10 Å². The van der Waals surface area contributed by atoms with Crippen molar-refractivity contribution in [2.75, 3.05) is 10.6 Å². The van der Waals surface area contributed by atoms with Gasteiger partial charge in [0.25, 0.3) is 0 Å². The van der Waals surface area contributed by atoms with Gasteiger partial charge in [-0.15, -0.1) is 0 Å². The predicted octanol–water partition coefficient (Wildman–Crippen LogP) is 5.01. The lowest BCUT2D eigenvalue weighted by Gasteiger charge is -2.31. The zero-order valence-corrected chi connectivity index (χ0v) is 18.9. The van der Waals surface area contributed by atoms with E-state index in [0.717, 1.165) is 26.9 Å². The van der Waals surface area contributed by atoms with Crippen molar-refractivity contribution < 1.29 is 13.2 Å². The summed E-state index contributed by atoms with van der Waals surface area (Å²) in [5.41, 5.74) is 1.13. The standard InChI is InChI=1S/C22H22Cl2N2O3S/c1-3-20(26(30(2,28)29)21-13-17(23)11-12-19(21)24)22(27)25-14-16-9-6-8-15-7-4-5-10-18(15)16/h4-13,20H,3,14H2,1-2H3,(H,25,27)/t20-/m0/s1. The maximum absolute atomic E-state index is 13.0. The first-order chi connectivity index (χ1) is 14.2. The minimum atomic E-state index is -3.80. The fourth-order valence-electron chi connectivity index (χ4n) is 3.44. The molecule has 0 aliphatic heterocycles. The number of benzene rings is 3. The molecule has 1 amide bonds. The van der Waals surface area contributed by atoms with E-state index in [4.69, 9.17) is 23.2 Å². The fourth-order valence-corrected chi connectivity index (χ4v) is 5.08. The molecule has 1 N–H and O–H groups in total. The van der Waals surface area contributed by atoms with E-state index < -0.39 is 22.0 Å². The minimum Gasteiger partial charge on any atom is -0.350 e. The Morgan fingerprint density at radius 2 is 1.77 bits per heavy atom. The van der Waals surface area contributed by atoms with Crippen LogP contribution in [0.4, 0.5) is 5.69 Å². The Kier molecular flexibility index (Phi) is 6.91. The summed E-state index contributed by atoms with van der Waals surface area (Å²) in [6.45, 7) is 2.02. The number of anilines is 1. The van der Waals surface area contributed by atoms with Crippen LogP contribution in [0, 0.1) is 0 Å². The summed E-state index contributed by atoms with van der Waals surface area (Å²) >= 11 is 12.3. The fraction of sp³-hybridized carbons (Fsp3) is 0.227. The third-order valence-electron chi connectivity index (χ3n) is 4.81. The van der Waals surface area contributed by atoms with Crippen molar-refractivity contribution in [3.05, 3.63) is 76.3 Å². The molecule has 0 saturated heterocycles. The van der Waals surface area contributed by atoms with E-state index in [2.05, 4.69) is 5.32 Å². The average molecular weight is 465 g/mol. The van der Waals surface area contributed by atoms with Crippen molar-refractivity contribution >= 4 is 55.6 Å². The van der Waals surface area contributed by atoms with Crippen LogP contribution in [0.1, 0.15) is 18.9 Å². The molecule has 3 aromatic rings. The van der Waals surface area contributed by atoms with Crippen LogP contribution >= 0.6 is 23.2 Å². The molecule has 0 bridgehead atoms. The summed E-state index contributed by atoms with van der Waals surface area (Å²) < 4.78 is 26.2. The number of carbonyl (C=O) groups is 1. The Balaban J connectivity index is 1.90. The van der Waals surface area contributed by atoms with E-state index >= 15 is 0 Å². The highest BCUT2D eigenvalue weighted by atomic mass is 35.5. The van der Waals surface area contributed by atoms with Crippen LogP contribution in [0.25, 0.3) is 10.8 Å². The molecule has 0 radical (unpaired) electrons. The van der Waals surface area contributed by atoms with E-state index in [1.807, 2.05) is 42.5 Å². The molecule has 0 aromatic heterocycles. The Hall–Kier alpha value is -2.28. The third kappa shape index (κ3) is 4.89. The molecule has 0 aliphatic carbocycles. The normalized spacial score (nSPS) is 12.5. The maximum Gasteiger partial charge on any atom is 0.244 e. The van der Waals surface area contributed by atoms with Gasteiger partial charge >= 0.3 is 0 Å². The van der Waals surface area contributed by atoms with Gasteiger partial charge in [-0.05, 0) is 41.0 Å². The molecule has 5 nitrogen and oxygen atoms in total. The van der Waals surface area contributed by atoms with E-state index in [9.17, 15) is 13.2 Å². The van der Waals surface area contributed by atoms with Gasteiger partial charge in [-0.25, -0.2) is 8.42 Å². The molecule has 8 heteroatoms. The summed E-state index contributed by atoms with van der Waals surface area (Å²) in [6, 6.07) is 17.3. The molecule has 0 unspecified atom stereocenters. The number of carbonyl (C=O) groups excluding carboxylic acids is 1. The van der Waals surface area contributed by atoms with Crippen molar-refractivity contribution in [2.24, 2.45) is 0 Å². The third-order valence-corrected chi connectivity index (χ3v) is 6.53. The molecule has 3 rings (SSSR count). The number of halogens is 2. The van der Waals surface area contributed by atoms with Gasteiger partial charge in [0.05, 0.1) is 17.0 Å². The lowest BCUT2D eigenvalue weighted by molar-refractivity contribution is -0.122. The highest BCUT2D eigenvalue weighted by Crippen LogP contribution is 2.33. The number of hydrogen-bond acceptors (Lipinski definition) is 3. The monoisotopic (exact) mass is 464 g/mol. The largest absolute Gasteiger partial charge is 0.350 e. The molecule has 30 heavy (non-hydrogen) atoms. The smallest absolute Gasteiger partial charge is 0.244 e. The predicted molar refractivity (Wildman–Crippen MR) is 124 cm³/mol. The Bertz CT molecular complexity index is 1180. The number of nitrogens with zero attached hydrogens (tertiary/aromatic N) is 1. The molecule has 3 aromatic carbocycles. The highest BCUT2D eigenvalue weighted by Gasteiger charge is 2.32. The topological polar surface area (TPSA) is 66.5 Å². The Morgan fingerprint density at radius 1 is 1.07 bits per heavy atom. The van der Waals surface area contributed by atoms with Crippen molar-refractivity contribution in [3.63, 3.8) is 0 Å². The van der Waals surface area contributed by atoms with Crippen LogP contribution in [0.3, 0.4) is 0 Å². The van der Waals surface area contributed by atoms with E-state index in [1.165, 1.54) is 12.1 Å². The van der Waals surface area contributed by atoms with Crippen molar-refractivity contribution in [2.45, 2.75) is 25.9 Å². The van der Waals surface area contributed by atoms with Crippen LogP contribution in [-0.2, 0) is 21.4 Å². The molecule has 158 valence electrons. The summed E-state index contributed by atoms with van der Waals surface area (Å²) in [7, 11) is -3.80. The average Bonchev–Trinajstić information content (AvgIpc) is 2.71. The second-order valence-electron chi connectivity index (χ2n) is 6.93. The van der Waals surface area contributed by atoms with Gasteiger partial charge in [-0.1, -0.05) is 72.6 Å². The van der Waals surface area contributed by atoms with E-state index in [-0.39, 0.29) is 23.7 Å². The van der Waals surface area contributed by atoms with Crippen LogP contribution in [0.2, 0.25) is 10.0 Å². The summed E-state index contributed by atoms with van der Waals surface area (Å²) in [6.07, 6.45) is 1.31. The number of amides is 1. The zero-order chi connectivity index (χ0) is 21.9. The van der Waals surface area contributed by atoms with Crippen molar-refractivity contribution in [1.29, 1.82) is 0 Å². The molecule has 0 saturated carbocycles. The number of rotatable bonds is 7. The zero-order valence-electron chi connectivity index (χ0n) is 16.6. The number of fused-ring (bicyclic) bond motifs is 1. The molecule has 0 aliphatic rings. The van der Waals surface area contributed by atoms with Gasteiger partial charge in [-0.2, -0.15) is 0 Å². The second kappa shape index (κ2) is 9.25. The second-order valence-corrected chi connectivity index (χ2v) is 9.64. The molecule has 0 heterocycles. The minimum absolute atomic E-state index is 0.179. The first kappa shape index (κ1) is 22.4. The van der Waals surface area contributed by atoms with Crippen LogP contribution in [-0.4, -0.2) is 26.6 Å². The molecular formula is C22H22Cl2N2O3S. The number of sulfonamides is 1. The van der Waals surface area contributed by atoms with E-state index in [1.54, 1.807) is 13.0 Å². The molecule has 1 atom stereocenters. The quantitative estimate of drug-likeness (QED) is 0.534. The van der Waals surface area contributed by atoms with Gasteiger partial charge < -0.3 is 5.32 Å². The summed E-state index contributed by atoms with van der Waals surface area (Å²) in [5, 5.41) is 5.51. The summed E-state index contributed by atoms with van der Waals surface area (Å²) in [5.74, 6) is -0.410. The number of hydrogen-bond donors (Lipinski definition) is 1. The van der Waals surface area contributed by atoms with Crippen LogP contribution in [0.5, 0.6) is 0 Å². The summed E-state index contributed by atoms with van der Waals surface area (Å²) in [4.78, 5) is 13.0.